The number of carbonyl (C=O) groups excluding carboxylic acids is 1. The molecule has 5 heteroatoms. The predicted molar refractivity (Wildman–Crippen MR) is 80.9 cm³/mol. The highest BCUT2D eigenvalue weighted by atomic mass is 35.5. The van der Waals surface area contributed by atoms with Gasteiger partial charge in [-0.2, -0.15) is 0 Å². The third kappa shape index (κ3) is 5.10. The molecule has 0 aromatic heterocycles. The lowest BCUT2D eigenvalue weighted by atomic mass is 10.2. The molecule has 4 nitrogen and oxygen atoms in total. The summed E-state index contributed by atoms with van der Waals surface area (Å²) >= 11 is 5.84. The second kappa shape index (κ2) is 7.67. The first-order valence-corrected chi connectivity index (χ1v) is 6.84. The van der Waals surface area contributed by atoms with Gasteiger partial charge >= 0.3 is 5.97 Å². The van der Waals surface area contributed by atoms with Gasteiger partial charge in [-0.1, -0.05) is 41.9 Å². The van der Waals surface area contributed by atoms with Crippen molar-refractivity contribution in [3.63, 3.8) is 0 Å². The summed E-state index contributed by atoms with van der Waals surface area (Å²) in [5.41, 5.74) is 1.04. The number of nitrogens with zero attached hydrogens (tertiary/aromatic N) is 1. The maximum absolute atomic E-state index is 11.5. The Morgan fingerprint density at radius 2 is 1.76 bits per heavy atom. The van der Waals surface area contributed by atoms with Crippen LogP contribution < -0.4 is 4.84 Å². The van der Waals surface area contributed by atoms with Crippen LogP contribution >= 0.6 is 11.6 Å². The van der Waals surface area contributed by atoms with Gasteiger partial charge in [0.25, 0.3) is 0 Å². The van der Waals surface area contributed by atoms with E-state index in [0.717, 1.165) is 5.56 Å². The van der Waals surface area contributed by atoms with Crippen LogP contribution in [0.25, 0.3) is 0 Å². The molecule has 0 atom stereocenters. The van der Waals surface area contributed by atoms with Gasteiger partial charge in [-0.25, -0.2) is 0 Å². The van der Waals surface area contributed by atoms with Crippen LogP contribution in [0, 0.1) is 0 Å². The summed E-state index contributed by atoms with van der Waals surface area (Å²) in [5, 5.41) is 2.18. The van der Waals surface area contributed by atoms with Gasteiger partial charge in [0.1, 0.15) is 12.3 Å². The Bertz CT molecular complexity index is 572. The third-order valence-electron chi connectivity index (χ3n) is 2.78. The molecule has 0 unspecified atom stereocenters. The fourth-order valence-corrected chi connectivity index (χ4v) is 1.89. The smallest absolute Gasteiger partial charge is 0.323 e. The summed E-state index contributed by atoms with van der Waals surface area (Å²) in [6.07, 6.45) is 0. The van der Waals surface area contributed by atoms with Crippen molar-refractivity contribution < 1.29 is 14.4 Å². The van der Waals surface area contributed by atoms with Crippen LogP contribution in [0.2, 0.25) is 5.02 Å². The molecule has 2 rings (SSSR count). The first kappa shape index (κ1) is 15.4. The van der Waals surface area contributed by atoms with Crippen LogP contribution in [0.15, 0.2) is 54.6 Å². The second-order valence-electron chi connectivity index (χ2n) is 4.40. The van der Waals surface area contributed by atoms with E-state index in [4.69, 9.17) is 21.2 Å². The molecule has 0 bridgehead atoms. The molecule has 0 saturated heterocycles. The van der Waals surface area contributed by atoms with Crippen LogP contribution in [0.4, 0.5) is 0 Å². The van der Waals surface area contributed by atoms with Crippen molar-refractivity contribution in [2.24, 2.45) is 0 Å². The van der Waals surface area contributed by atoms with E-state index >= 15 is 0 Å². The summed E-state index contributed by atoms with van der Waals surface area (Å²) in [4.78, 5) is 17.2. The summed E-state index contributed by atoms with van der Waals surface area (Å²) in [6.45, 7) is 0.507. The van der Waals surface area contributed by atoms with E-state index in [9.17, 15) is 4.79 Å². The van der Waals surface area contributed by atoms with Crippen LogP contribution in [0.3, 0.4) is 0 Å². The minimum Gasteiger partial charge on any atom is -0.468 e. The second-order valence-corrected chi connectivity index (χ2v) is 4.84. The molecule has 110 valence electrons. The molecule has 0 aliphatic heterocycles. The van der Waals surface area contributed by atoms with Gasteiger partial charge in [0.15, 0.2) is 0 Å². The van der Waals surface area contributed by atoms with E-state index in [1.807, 2.05) is 30.3 Å². The number of ether oxygens (including phenoxy) is 1. The summed E-state index contributed by atoms with van der Waals surface area (Å²) in [5.74, 6) is 0.249. The molecular weight excluding hydrogens is 290 g/mol. The lowest BCUT2D eigenvalue weighted by Gasteiger charge is -2.21. The van der Waals surface area contributed by atoms with Gasteiger partial charge < -0.3 is 9.57 Å². The van der Waals surface area contributed by atoms with Gasteiger partial charge in [0.2, 0.25) is 0 Å². The first-order chi connectivity index (χ1) is 10.2. The van der Waals surface area contributed by atoms with Gasteiger partial charge in [-0.3, -0.25) is 4.79 Å². The number of hydrogen-bond donors (Lipinski definition) is 0. The topological polar surface area (TPSA) is 38.8 Å². The van der Waals surface area contributed by atoms with Crippen molar-refractivity contribution in [3.8, 4) is 5.75 Å². The number of methoxy groups -OCH3 is 1. The Morgan fingerprint density at radius 3 is 2.38 bits per heavy atom. The average molecular weight is 306 g/mol. The number of hydrogen-bond acceptors (Lipinski definition) is 4. The zero-order valence-electron chi connectivity index (χ0n) is 11.7. The number of esters is 1. The van der Waals surface area contributed by atoms with E-state index < -0.39 is 0 Å². The Balaban J connectivity index is 2.07. The van der Waals surface area contributed by atoms with E-state index in [-0.39, 0.29) is 12.5 Å². The fourth-order valence-electron chi connectivity index (χ4n) is 1.76. The maximum Gasteiger partial charge on any atom is 0.323 e. The number of carbonyl (C=O) groups is 1. The highest BCUT2D eigenvalue weighted by Gasteiger charge is 2.13. The molecule has 0 spiro atoms. The van der Waals surface area contributed by atoms with Crippen LogP contribution in [0.1, 0.15) is 5.56 Å². The Kier molecular flexibility index (Phi) is 5.60. The van der Waals surface area contributed by atoms with E-state index in [1.165, 1.54) is 7.11 Å². The van der Waals surface area contributed by atoms with Gasteiger partial charge in [-0.05, 0) is 29.8 Å². The SMILES string of the molecule is COC(=O)CN(Cc1ccccc1)Oc1ccc(Cl)cc1. The highest BCUT2D eigenvalue weighted by molar-refractivity contribution is 6.30. The molecular formula is C16H16ClNO3. The summed E-state index contributed by atoms with van der Waals surface area (Å²) < 4.78 is 4.69. The van der Waals surface area contributed by atoms with Gasteiger partial charge in [0.05, 0.1) is 13.7 Å². The zero-order chi connectivity index (χ0) is 15.1. The van der Waals surface area contributed by atoms with Crippen molar-refractivity contribution in [2.75, 3.05) is 13.7 Å². The molecule has 0 fully saturated rings. The molecule has 0 aliphatic rings. The molecule has 0 saturated carbocycles. The first-order valence-electron chi connectivity index (χ1n) is 6.46. The lowest BCUT2D eigenvalue weighted by Crippen LogP contribution is -2.33. The van der Waals surface area contributed by atoms with Crippen molar-refractivity contribution >= 4 is 17.6 Å². The Labute approximate surface area is 128 Å². The normalized spacial score (nSPS) is 10.4. The largest absolute Gasteiger partial charge is 0.468 e. The average Bonchev–Trinajstić information content (AvgIpc) is 2.50. The Morgan fingerprint density at radius 1 is 1.10 bits per heavy atom. The minimum atomic E-state index is -0.361. The van der Waals surface area contributed by atoms with E-state index in [0.29, 0.717) is 17.3 Å². The third-order valence-corrected chi connectivity index (χ3v) is 3.03. The lowest BCUT2D eigenvalue weighted by molar-refractivity contribution is -0.152. The molecule has 0 heterocycles. The highest BCUT2D eigenvalue weighted by Crippen LogP contribution is 2.17. The fraction of sp³-hybridized carbons (Fsp3) is 0.188. The van der Waals surface area contributed by atoms with E-state index in [2.05, 4.69) is 0 Å². The van der Waals surface area contributed by atoms with Crippen molar-refractivity contribution in [1.82, 2.24) is 5.06 Å². The molecule has 21 heavy (non-hydrogen) atoms. The van der Waals surface area contributed by atoms with Crippen LogP contribution in [0.5, 0.6) is 5.75 Å². The monoisotopic (exact) mass is 305 g/mol. The number of rotatable bonds is 6. The van der Waals surface area contributed by atoms with Crippen molar-refractivity contribution in [3.05, 3.63) is 65.2 Å². The quantitative estimate of drug-likeness (QED) is 0.606. The standard InChI is InChI=1S/C16H16ClNO3/c1-20-16(19)12-18(11-13-5-3-2-4-6-13)21-15-9-7-14(17)8-10-15/h2-10H,11-12H2,1H3. The maximum atomic E-state index is 11.5. The predicted octanol–water partition coefficient (Wildman–Crippen LogP) is 3.31. The van der Waals surface area contributed by atoms with Crippen molar-refractivity contribution in [2.45, 2.75) is 6.54 Å². The zero-order valence-corrected chi connectivity index (χ0v) is 12.4. The molecule has 0 radical (unpaired) electrons. The number of hydroxylamine groups is 2. The minimum absolute atomic E-state index is 0.0357. The number of benzene rings is 2. The van der Waals surface area contributed by atoms with Crippen LogP contribution in [-0.2, 0) is 16.1 Å². The molecule has 2 aromatic carbocycles. The van der Waals surface area contributed by atoms with Crippen molar-refractivity contribution in [1.29, 1.82) is 0 Å². The molecule has 0 amide bonds. The Hall–Kier alpha value is -2.04. The number of halogens is 1. The summed E-state index contributed by atoms with van der Waals surface area (Å²) in [6, 6.07) is 16.7. The van der Waals surface area contributed by atoms with Gasteiger partial charge in [-0.15, -0.1) is 5.06 Å². The molecule has 0 N–H and O–H groups in total. The molecule has 2 aromatic rings. The molecule has 0 aliphatic carbocycles. The van der Waals surface area contributed by atoms with E-state index in [1.54, 1.807) is 29.3 Å². The van der Waals surface area contributed by atoms with Crippen LogP contribution in [-0.4, -0.2) is 24.7 Å². The van der Waals surface area contributed by atoms with Gasteiger partial charge in [0, 0.05) is 5.02 Å². The summed E-state index contributed by atoms with van der Waals surface area (Å²) in [7, 11) is 1.35.